The highest BCUT2D eigenvalue weighted by molar-refractivity contribution is 8.01. The van der Waals surface area contributed by atoms with E-state index in [1.165, 1.54) is 37.3 Å². The summed E-state index contributed by atoms with van der Waals surface area (Å²) < 4.78 is 1.08. The van der Waals surface area contributed by atoms with Crippen LogP contribution in [0.5, 0.6) is 5.75 Å². The van der Waals surface area contributed by atoms with Gasteiger partial charge in [-0.2, -0.15) is 0 Å². The fraction of sp³-hybridized carbons (Fsp3) is 0.421. The summed E-state index contributed by atoms with van der Waals surface area (Å²) in [5.41, 5.74) is 0. The van der Waals surface area contributed by atoms with Crippen molar-refractivity contribution in [2.75, 3.05) is 13.1 Å². The molecule has 2 aromatic rings. The first kappa shape index (κ1) is 16.9. The zero-order valence-electron chi connectivity index (χ0n) is 14.1. The molecule has 4 heterocycles. The molecule has 1 aromatic carbocycles. The molecule has 3 fully saturated rings. The summed E-state index contributed by atoms with van der Waals surface area (Å²) in [7, 11) is 0. The van der Waals surface area contributed by atoms with Gasteiger partial charge in [0, 0.05) is 17.0 Å². The number of hydrogen-bond donors (Lipinski definition) is 2. The van der Waals surface area contributed by atoms with Crippen molar-refractivity contribution < 1.29 is 9.90 Å². The van der Waals surface area contributed by atoms with Crippen molar-refractivity contribution in [2.24, 2.45) is 5.92 Å². The topological polar surface area (TPSA) is 52.6 Å². The highest BCUT2D eigenvalue weighted by atomic mass is 32.2. The Morgan fingerprint density at radius 2 is 1.92 bits per heavy atom. The number of piperidine rings is 3. The number of nitrogens with zero attached hydrogens (tertiary/aromatic N) is 1. The van der Waals surface area contributed by atoms with Crippen LogP contribution >= 0.6 is 23.1 Å². The summed E-state index contributed by atoms with van der Waals surface area (Å²) in [4.78, 5) is 17.0. The predicted octanol–water partition coefficient (Wildman–Crippen LogP) is 3.82. The predicted molar refractivity (Wildman–Crippen MR) is 102 cm³/mol. The zero-order chi connectivity index (χ0) is 17.4. The fourth-order valence-electron chi connectivity index (χ4n) is 3.90. The molecule has 25 heavy (non-hydrogen) atoms. The molecule has 0 radical (unpaired) electrons. The first-order valence-corrected chi connectivity index (χ1v) is 10.3. The van der Waals surface area contributed by atoms with Gasteiger partial charge in [0.15, 0.2) is 0 Å². The Morgan fingerprint density at radius 3 is 2.60 bits per heavy atom. The van der Waals surface area contributed by atoms with Crippen molar-refractivity contribution in [1.29, 1.82) is 0 Å². The number of carbonyl (C=O) groups excluding carboxylic acids is 1. The van der Waals surface area contributed by atoms with Crippen LogP contribution < -0.4 is 5.32 Å². The van der Waals surface area contributed by atoms with Crippen molar-refractivity contribution in [1.82, 2.24) is 10.2 Å². The minimum absolute atomic E-state index is 0.0492. The minimum Gasteiger partial charge on any atom is -0.508 e. The van der Waals surface area contributed by atoms with Gasteiger partial charge in [-0.1, -0.05) is 11.8 Å². The summed E-state index contributed by atoms with van der Waals surface area (Å²) in [6.45, 7) is 4.58. The van der Waals surface area contributed by atoms with E-state index >= 15 is 0 Å². The number of phenols is 1. The number of nitrogens with one attached hydrogen (secondary N) is 1. The van der Waals surface area contributed by atoms with Crippen molar-refractivity contribution in [2.45, 2.75) is 41.0 Å². The van der Waals surface area contributed by atoms with Crippen LogP contribution in [0.4, 0.5) is 0 Å². The molecule has 5 rings (SSSR count). The van der Waals surface area contributed by atoms with E-state index in [1.54, 1.807) is 23.9 Å². The van der Waals surface area contributed by atoms with Gasteiger partial charge in [0.1, 0.15) is 5.75 Å². The standard InChI is InChI=1S/C19H22N2O2S2/c1-12-18(13-8-10-21(12)11-9-13)20-19(23)16-6-7-17(25-16)24-15-4-2-14(22)3-5-15/h2-7,12-13,18,22H,8-11H2,1H3,(H,20,23). The molecule has 132 valence electrons. The van der Waals surface area contributed by atoms with Crippen molar-refractivity contribution in [3.05, 3.63) is 41.3 Å². The van der Waals surface area contributed by atoms with Crippen molar-refractivity contribution in [3.8, 4) is 5.75 Å². The van der Waals surface area contributed by atoms with Crippen LogP contribution in [0.3, 0.4) is 0 Å². The zero-order valence-corrected chi connectivity index (χ0v) is 15.8. The number of aromatic hydroxyl groups is 1. The molecular formula is C19H22N2O2S2. The van der Waals surface area contributed by atoms with Gasteiger partial charge in [-0.15, -0.1) is 11.3 Å². The van der Waals surface area contributed by atoms with Crippen LogP contribution in [-0.2, 0) is 0 Å². The maximum Gasteiger partial charge on any atom is 0.261 e. The molecule has 1 aromatic heterocycles. The quantitative estimate of drug-likeness (QED) is 0.854. The second-order valence-electron chi connectivity index (χ2n) is 6.83. The summed E-state index contributed by atoms with van der Waals surface area (Å²) in [6.07, 6.45) is 2.39. The van der Waals surface area contributed by atoms with Crippen LogP contribution in [0.15, 0.2) is 45.5 Å². The average Bonchev–Trinajstić information content (AvgIpc) is 3.09. The maximum atomic E-state index is 12.7. The van der Waals surface area contributed by atoms with E-state index in [-0.39, 0.29) is 17.7 Å². The van der Waals surface area contributed by atoms with E-state index < -0.39 is 0 Å². The lowest BCUT2D eigenvalue weighted by Crippen LogP contribution is -2.62. The van der Waals surface area contributed by atoms with Gasteiger partial charge in [-0.05, 0) is 75.2 Å². The molecule has 0 spiro atoms. The van der Waals surface area contributed by atoms with Gasteiger partial charge in [-0.3, -0.25) is 9.69 Å². The van der Waals surface area contributed by atoms with Gasteiger partial charge in [0.2, 0.25) is 0 Å². The van der Waals surface area contributed by atoms with Crippen molar-refractivity contribution in [3.63, 3.8) is 0 Å². The minimum atomic E-state index is 0.0492. The molecule has 2 N–H and O–H groups in total. The highest BCUT2D eigenvalue weighted by Gasteiger charge is 2.40. The number of fused-ring (bicyclic) bond motifs is 3. The number of thiophene rings is 1. The number of rotatable bonds is 4. The smallest absolute Gasteiger partial charge is 0.261 e. The fourth-order valence-corrected chi connectivity index (χ4v) is 5.90. The van der Waals surface area contributed by atoms with Crippen LogP contribution in [0, 0.1) is 5.92 Å². The van der Waals surface area contributed by atoms with E-state index in [0.29, 0.717) is 12.0 Å². The molecule has 1 amide bonds. The first-order valence-electron chi connectivity index (χ1n) is 8.72. The maximum absolute atomic E-state index is 12.7. The van der Waals surface area contributed by atoms with E-state index in [1.807, 2.05) is 24.3 Å². The Morgan fingerprint density at radius 1 is 1.20 bits per heavy atom. The molecule has 2 unspecified atom stereocenters. The summed E-state index contributed by atoms with van der Waals surface area (Å²) in [6, 6.07) is 11.7. The molecule has 0 aliphatic carbocycles. The van der Waals surface area contributed by atoms with E-state index in [0.717, 1.165) is 14.0 Å². The summed E-state index contributed by atoms with van der Waals surface area (Å²) >= 11 is 3.14. The second-order valence-corrected chi connectivity index (χ2v) is 9.29. The van der Waals surface area contributed by atoms with Gasteiger partial charge < -0.3 is 10.4 Å². The van der Waals surface area contributed by atoms with Crippen LogP contribution in [-0.4, -0.2) is 41.1 Å². The summed E-state index contributed by atoms with van der Waals surface area (Å²) in [5.74, 6) is 0.935. The largest absolute Gasteiger partial charge is 0.508 e. The number of phenolic OH excluding ortho intramolecular Hbond substituents is 1. The molecule has 3 aliphatic rings. The molecule has 3 aliphatic heterocycles. The third-order valence-electron chi connectivity index (χ3n) is 5.34. The lowest BCUT2D eigenvalue weighted by Gasteiger charge is -2.49. The van der Waals surface area contributed by atoms with E-state index in [9.17, 15) is 9.90 Å². The molecule has 2 atom stereocenters. The van der Waals surface area contributed by atoms with E-state index in [4.69, 9.17) is 0 Å². The third-order valence-corrected chi connectivity index (χ3v) is 7.56. The Balaban J connectivity index is 1.41. The molecule has 6 heteroatoms. The highest BCUT2D eigenvalue weighted by Crippen LogP contribution is 2.35. The molecule has 0 saturated carbocycles. The Kier molecular flexibility index (Phi) is 4.75. The average molecular weight is 375 g/mol. The lowest BCUT2D eigenvalue weighted by atomic mass is 9.79. The lowest BCUT2D eigenvalue weighted by molar-refractivity contribution is 0.0218. The monoisotopic (exact) mass is 374 g/mol. The van der Waals surface area contributed by atoms with Crippen LogP contribution in [0.25, 0.3) is 0 Å². The van der Waals surface area contributed by atoms with Crippen LogP contribution in [0.1, 0.15) is 29.4 Å². The first-order chi connectivity index (χ1) is 12.1. The van der Waals surface area contributed by atoms with Gasteiger partial charge in [0.25, 0.3) is 5.91 Å². The van der Waals surface area contributed by atoms with Gasteiger partial charge in [0.05, 0.1) is 9.09 Å². The third kappa shape index (κ3) is 3.57. The molecule has 2 bridgehead atoms. The molecule has 4 nitrogen and oxygen atoms in total. The molecular weight excluding hydrogens is 352 g/mol. The Bertz CT molecular complexity index is 749. The van der Waals surface area contributed by atoms with Crippen LogP contribution in [0.2, 0.25) is 0 Å². The van der Waals surface area contributed by atoms with Gasteiger partial charge >= 0.3 is 0 Å². The Labute approximate surface area is 156 Å². The Hall–Kier alpha value is -1.50. The number of amides is 1. The van der Waals surface area contributed by atoms with Crippen molar-refractivity contribution >= 4 is 29.0 Å². The molecule has 3 saturated heterocycles. The number of benzene rings is 1. The van der Waals surface area contributed by atoms with E-state index in [2.05, 4.69) is 17.1 Å². The number of carbonyl (C=O) groups is 1. The summed E-state index contributed by atoms with van der Waals surface area (Å²) in [5, 5.41) is 12.6. The normalized spacial score (nSPS) is 28.0. The number of hydrogen-bond acceptors (Lipinski definition) is 5. The second kappa shape index (κ2) is 7.02. The van der Waals surface area contributed by atoms with Gasteiger partial charge in [-0.25, -0.2) is 0 Å². The SMILES string of the molecule is CC1C(NC(=O)c2ccc(Sc3ccc(O)cc3)s2)C2CCN1CC2.